The first kappa shape index (κ1) is 25.7. The second-order valence-corrected chi connectivity index (χ2v) is 9.04. The van der Waals surface area contributed by atoms with Crippen molar-refractivity contribution in [1.82, 2.24) is 5.32 Å². The summed E-state index contributed by atoms with van der Waals surface area (Å²) in [5, 5.41) is 5.97. The highest BCUT2D eigenvalue weighted by atomic mass is 79.9. The third-order valence-electron chi connectivity index (χ3n) is 5.00. The molecule has 0 aliphatic rings. The number of anilines is 1. The third kappa shape index (κ3) is 8.47. The van der Waals surface area contributed by atoms with Crippen molar-refractivity contribution in [2.75, 3.05) is 18.5 Å². The van der Waals surface area contributed by atoms with Gasteiger partial charge < -0.3 is 14.8 Å². The maximum atomic E-state index is 12.8. The van der Waals surface area contributed by atoms with Crippen LogP contribution in [0.3, 0.4) is 0 Å². The summed E-state index contributed by atoms with van der Waals surface area (Å²) in [5.74, 6) is 0.992. The van der Waals surface area contributed by atoms with Gasteiger partial charge in [0.05, 0.1) is 18.8 Å². The van der Waals surface area contributed by atoms with Gasteiger partial charge in [-0.3, -0.25) is 10.1 Å². The minimum Gasteiger partial charge on any atom is -0.494 e. The Bertz CT molecular complexity index is 1070. The molecule has 0 heterocycles. The number of hydrogen-bond donors (Lipinski definition) is 2. The van der Waals surface area contributed by atoms with Crippen LogP contribution in [-0.4, -0.2) is 24.2 Å². The number of unbranched alkanes of at least 4 members (excludes halogenated alkanes) is 1. The van der Waals surface area contributed by atoms with Gasteiger partial charge in [-0.25, -0.2) is 0 Å². The molecule has 5 nitrogen and oxygen atoms in total. The van der Waals surface area contributed by atoms with E-state index in [1.54, 1.807) is 12.1 Å². The summed E-state index contributed by atoms with van der Waals surface area (Å²) in [6.45, 7) is 3.29. The number of halogens is 1. The van der Waals surface area contributed by atoms with Crippen LogP contribution in [0.4, 0.5) is 5.69 Å². The molecule has 3 aromatic rings. The molecule has 7 heteroatoms. The highest BCUT2D eigenvalue weighted by Gasteiger charge is 2.15. The van der Waals surface area contributed by atoms with Crippen LogP contribution in [-0.2, 0) is 6.42 Å². The molecule has 0 saturated heterocycles. The second kappa shape index (κ2) is 13.7. The Morgan fingerprint density at radius 1 is 0.941 bits per heavy atom. The lowest BCUT2D eigenvalue weighted by molar-refractivity contribution is 0.0973. The van der Waals surface area contributed by atoms with Gasteiger partial charge in [0.25, 0.3) is 5.91 Å². The van der Waals surface area contributed by atoms with Crippen LogP contribution >= 0.6 is 28.1 Å². The van der Waals surface area contributed by atoms with E-state index in [1.165, 1.54) is 5.56 Å². The smallest absolute Gasteiger partial charge is 0.261 e. The maximum Gasteiger partial charge on any atom is 0.261 e. The summed E-state index contributed by atoms with van der Waals surface area (Å²) < 4.78 is 12.4. The Kier molecular flexibility index (Phi) is 10.4. The lowest BCUT2D eigenvalue weighted by Crippen LogP contribution is -2.34. The van der Waals surface area contributed by atoms with Gasteiger partial charge in [-0.05, 0) is 79.5 Å². The molecule has 3 aromatic carbocycles. The molecule has 0 saturated carbocycles. The molecule has 0 atom stereocenters. The Labute approximate surface area is 215 Å². The molecule has 3 rings (SSSR count). The first-order chi connectivity index (χ1) is 16.5. The topological polar surface area (TPSA) is 59.6 Å². The third-order valence-corrected chi connectivity index (χ3v) is 5.70. The Hall–Kier alpha value is -2.90. The highest BCUT2D eigenvalue weighted by molar-refractivity contribution is 9.10. The number of carbonyl (C=O) groups is 1. The predicted octanol–water partition coefficient (Wildman–Crippen LogP) is 6.77. The number of benzene rings is 3. The summed E-state index contributed by atoms with van der Waals surface area (Å²) in [6, 6.07) is 23.2. The van der Waals surface area contributed by atoms with Gasteiger partial charge in [0.15, 0.2) is 5.11 Å². The quantitative estimate of drug-likeness (QED) is 0.207. The Morgan fingerprint density at radius 2 is 1.68 bits per heavy atom. The number of carbonyl (C=O) groups excluding carboxylic acids is 1. The van der Waals surface area contributed by atoms with E-state index in [4.69, 9.17) is 21.7 Å². The van der Waals surface area contributed by atoms with Crippen molar-refractivity contribution in [3.63, 3.8) is 0 Å². The molecule has 0 aliphatic carbocycles. The summed E-state index contributed by atoms with van der Waals surface area (Å²) in [6.07, 6.45) is 3.87. The molecule has 0 unspecified atom stereocenters. The summed E-state index contributed by atoms with van der Waals surface area (Å²) in [5.41, 5.74) is 2.49. The predicted molar refractivity (Wildman–Crippen MR) is 145 cm³/mol. The lowest BCUT2D eigenvalue weighted by atomic mass is 10.1. The first-order valence-electron chi connectivity index (χ1n) is 11.4. The van der Waals surface area contributed by atoms with Crippen molar-refractivity contribution in [3.8, 4) is 11.5 Å². The van der Waals surface area contributed by atoms with Gasteiger partial charge >= 0.3 is 0 Å². The maximum absolute atomic E-state index is 12.8. The van der Waals surface area contributed by atoms with Gasteiger partial charge in [0.2, 0.25) is 0 Å². The number of thiocarbonyl (C=S) groups is 1. The van der Waals surface area contributed by atoms with Crippen LogP contribution in [0.2, 0.25) is 0 Å². The van der Waals surface area contributed by atoms with E-state index in [1.807, 2.05) is 48.5 Å². The summed E-state index contributed by atoms with van der Waals surface area (Å²) >= 11 is 8.74. The van der Waals surface area contributed by atoms with Crippen LogP contribution < -0.4 is 20.1 Å². The molecule has 34 heavy (non-hydrogen) atoms. The average molecular weight is 542 g/mol. The van der Waals surface area contributed by atoms with Gasteiger partial charge in [-0.2, -0.15) is 0 Å². The SMILES string of the molecule is CCCCOc1ccc(Br)cc1C(=O)NC(=S)Nc1ccc(OCCCc2ccccc2)cc1. The van der Waals surface area contributed by atoms with Crippen LogP contribution in [0.1, 0.15) is 42.1 Å². The molecular formula is C27H29BrN2O3S. The number of hydrogen-bond acceptors (Lipinski definition) is 4. The number of amides is 1. The standard InChI is InChI=1S/C27H29BrN2O3S/c1-2-3-17-33-25-16-11-21(28)19-24(25)26(31)30-27(34)29-22-12-14-23(15-13-22)32-18-7-10-20-8-5-4-6-9-20/h4-6,8-9,11-16,19H,2-3,7,10,17-18H2,1H3,(H2,29,30,31,34). The molecular weight excluding hydrogens is 512 g/mol. The van der Waals surface area contributed by atoms with Crippen molar-refractivity contribution in [1.29, 1.82) is 0 Å². The van der Waals surface area contributed by atoms with E-state index in [2.05, 4.69) is 45.6 Å². The fourth-order valence-corrected chi connectivity index (χ4v) is 3.78. The zero-order valence-electron chi connectivity index (χ0n) is 19.2. The molecule has 178 valence electrons. The normalized spacial score (nSPS) is 10.4. The van der Waals surface area contributed by atoms with Gasteiger partial charge in [-0.1, -0.05) is 59.6 Å². The first-order valence-corrected chi connectivity index (χ1v) is 12.6. The largest absolute Gasteiger partial charge is 0.494 e. The lowest BCUT2D eigenvalue weighted by Gasteiger charge is -2.14. The zero-order valence-corrected chi connectivity index (χ0v) is 21.6. The summed E-state index contributed by atoms with van der Waals surface area (Å²) in [4.78, 5) is 12.8. The number of rotatable bonds is 11. The monoisotopic (exact) mass is 540 g/mol. The van der Waals surface area contributed by atoms with Crippen LogP contribution in [0.25, 0.3) is 0 Å². The van der Waals surface area contributed by atoms with Crippen molar-refractivity contribution >= 4 is 44.9 Å². The van der Waals surface area contributed by atoms with Crippen LogP contribution in [0.5, 0.6) is 11.5 Å². The van der Waals surface area contributed by atoms with E-state index in [0.717, 1.165) is 41.6 Å². The van der Waals surface area contributed by atoms with Crippen molar-refractivity contribution < 1.29 is 14.3 Å². The van der Waals surface area contributed by atoms with Gasteiger partial charge in [0.1, 0.15) is 11.5 Å². The van der Waals surface area contributed by atoms with Crippen LogP contribution in [0.15, 0.2) is 77.3 Å². The van der Waals surface area contributed by atoms with E-state index in [9.17, 15) is 4.79 Å². The number of aryl methyl sites for hydroxylation is 1. The Balaban J connectivity index is 1.47. The van der Waals surface area contributed by atoms with Crippen molar-refractivity contribution in [3.05, 3.63) is 88.4 Å². The van der Waals surface area contributed by atoms with E-state index in [-0.39, 0.29) is 11.0 Å². The van der Waals surface area contributed by atoms with Gasteiger partial charge in [-0.15, -0.1) is 0 Å². The molecule has 0 spiro atoms. The minimum absolute atomic E-state index is 0.209. The van der Waals surface area contributed by atoms with Crippen molar-refractivity contribution in [2.24, 2.45) is 0 Å². The van der Waals surface area contributed by atoms with E-state index >= 15 is 0 Å². The highest BCUT2D eigenvalue weighted by Crippen LogP contribution is 2.24. The van der Waals surface area contributed by atoms with Crippen LogP contribution in [0, 0.1) is 0 Å². The number of ether oxygens (including phenoxy) is 2. The zero-order chi connectivity index (χ0) is 24.2. The molecule has 0 radical (unpaired) electrons. The van der Waals surface area contributed by atoms with Gasteiger partial charge in [0, 0.05) is 10.2 Å². The minimum atomic E-state index is -0.330. The molecule has 2 N–H and O–H groups in total. The molecule has 0 fully saturated rings. The molecule has 0 aliphatic heterocycles. The molecule has 1 amide bonds. The molecule has 0 aromatic heterocycles. The van der Waals surface area contributed by atoms with E-state index in [0.29, 0.717) is 24.5 Å². The fourth-order valence-electron chi connectivity index (χ4n) is 3.21. The van der Waals surface area contributed by atoms with Crippen molar-refractivity contribution in [2.45, 2.75) is 32.6 Å². The Morgan fingerprint density at radius 3 is 2.41 bits per heavy atom. The second-order valence-electron chi connectivity index (χ2n) is 7.71. The summed E-state index contributed by atoms with van der Waals surface area (Å²) in [7, 11) is 0. The fraction of sp³-hybridized carbons (Fsp3) is 0.259. The number of nitrogens with one attached hydrogen (secondary N) is 2. The molecule has 0 bridgehead atoms. The average Bonchev–Trinajstić information content (AvgIpc) is 2.84. The van der Waals surface area contributed by atoms with E-state index < -0.39 is 0 Å².